The number of likely N-dealkylation sites (N-methyl/N-ethyl adjacent to an activating group) is 1. The summed E-state index contributed by atoms with van der Waals surface area (Å²) >= 11 is 0. The quantitative estimate of drug-likeness (QED) is 0.446. The first-order chi connectivity index (χ1) is 13.0. The van der Waals surface area contributed by atoms with Gasteiger partial charge >= 0.3 is 5.97 Å². The van der Waals surface area contributed by atoms with Gasteiger partial charge in [-0.3, -0.25) is 9.48 Å². The summed E-state index contributed by atoms with van der Waals surface area (Å²) in [6.45, 7) is 6.55. The van der Waals surface area contributed by atoms with Crippen molar-refractivity contribution in [2.75, 3.05) is 46.9 Å². The van der Waals surface area contributed by atoms with Crippen molar-refractivity contribution in [1.29, 1.82) is 0 Å². The van der Waals surface area contributed by atoms with Crippen molar-refractivity contribution in [1.82, 2.24) is 24.9 Å². The van der Waals surface area contributed by atoms with E-state index in [9.17, 15) is 9.59 Å². The minimum atomic E-state index is -0.353. The Morgan fingerprint density at radius 3 is 2.85 bits per heavy atom. The molecule has 9 nitrogen and oxygen atoms in total. The zero-order chi connectivity index (χ0) is 19.8. The Morgan fingerprint density at radius 1 is 1.41 bits per heavy atom. The van der Waals surface area contributed by atoms with Gasteiger partial charge in [-0.2, -0.15) is 5.10 Å². The normalized spacial score (nSPS) is 17.6. The van der Waals surface area contributed by atoms with E-state index in [2.05, 4.69) is 20.3 Å². The number of guanidine groups is 1. The minimum Gasteiger partial charge on any atom is -0.462 e. The molecule has 2 rings (SSSR count). The highest BCUT2D eigenvalue weighted by molar-refractivity contribution is 5.88. The standard InChI is InChI=1S/C18H30N6O3/c1-5-19-18(20-11-16(25)22(3)4)23-9-7-8-15(13-23)24-12-14(10-21-24)17(26)27-6-2/h10,12,15H,5-9,11,13H2,1-4H3,(H,19,20). The lowest BCUT2D eigenvalue weighted by Crippen LogP contribution is -2.47. The molecule has 1 atom stereocenters. The van der Waals surface area contributed by atoms with Crippen LogP contribution in [0.1, 0.15) is 43.1 Å². The molecular weight excluding hydrogens is 348 g/mol. The van der Waals surface area contributed by atoms with Crippen LogP contribution in [0.4, 0.5) is 0 Å². The molecule has 1 N–H and O–H groups in total. The maximum atomic E-state index is 11.9. The van der Waals surface area contributed by atoms with Gasteiger partial charge in [-0.25, -0.2) is 9.79 Å². The van der Waals surface area contributed by atoms with Crippen molar-refractivity contribution in [3.05, 3.63) is 18.0 Å². The third-order valence-electron chi connectivity index (χ3n) is 4.38. The monoisotopic (exact) mass is 378 g/mol. The fourth-order valence-corrected chi connectivity index (χ4v) is 2.93. The lowest BCUT2D eigenvalue weighted by molar-refractivity contribution is -0.127. The number of nitrogens with one attached hydrogen (secondary N) is 1. The van der Waals surface area contributed by atoms with Crippen molar-refractivity contribution in [2.45, 2.75) is 32.7 Å². The van der Waals surface area contributed by atoms with Gasteiger partial charge in [0.25, 0.3) is 0 Å². The summed E-state index contributed by atoms with van der Waals surface area (Å²) in [6, 6.07) is 0.135. The number of aliphatic imine (C=N–C) groups is 1. The van der Waals surface area contributed by atoms with E-state index in [0.717, 1.165) is 31.9 Å². The topological polar surface area (TPSA) is 92.1 Å². The summed E-state index contributed by atoms with van der Waals surface area (Å²) in [7, 11) is 3.45. The molecule has 150 valence electrons. The van der Waals surface area contributed by atoms with Crippen LogP contribution in [-0.4, -0.2) is 84.3 Å². The van der Waals surface area contributed by atoms with Crippen LogP contribution in [0, 0.1) is 0 Å². The summed E-state index contributed by atoms with van der Waals surface area (Å²) in [6.07, 6.45) is 5.24. The number of hydrogen-bond donors (Lipinski definition) is 1. The van der Waals surface area contributed by atoms with Crippen LogP contribution in [0.2, 0.25) is 0 Å². The second kappa shape index (κ2) is 9.94. The lowest BCUT2D eigenvalue weighted by Gasteiger charge is -2.35. The highest BCUT2D eigenvalue weighted by Gasteiger charge is 2.25. The molecule has 1 aromatic heterocycles. The molecule has 1 saturated heterocycles. The van der Waals surface area contributed by atoms with E-state index >= 15 is 0 Å². The maximum absolute atomic E-state index is 11.9. The molecule has 0 bridgehead atoms. The zero-order valence-electron chi connectivity index (χ0n) is 16.6. The maximum Gasteiger partial charge on any atom is 0.341 e. The van der Waals surface area contributed by atoms with Crippen molar-refractivity contribution in [2.24, 2.45) is 4.99 Å². The smallest absolute Gasteiger partial charge is 0.341 e. The van der Waals surface area contributed by atoms with Gasteiger partial charge in [-0.1, -0.05) is 0 Å². The molecule has 1 amide bonds. The van der Waals surface area contributed by atoms with Crippen LogP contribution >= 0.6 is 0 Å². The van der Waals surface area contributed by atoms with Crippen LogP contribution in [0.15, 0.2) is 17.4 Å². The van der Waals surface area contributed by atoms with Crippen molar-refractivity contribution < 1.29 is 14.3 Å². The van der Waals surface area contributed by atoms with Crippen LogP contribution in [-0.2, 0) is 9.53 Å². The molecule has 1 aromatic rings. The summed E-state index contributed by atoms with van der Waals surface area (Å²) in [5.74, 6) is 0.341. The summed E-state index contributed by atoms with van der Waals surface area (Å²) in [4.78, 5) is 31.9. The predicted octanol–water partition coefficient (Wildman–Crippen LogP) is 0.750. The van der Waals surface area contributed by atoms with Crippen molar-refractivity contribution in [3.63, 3.8) is 0 Å². The molecule has 9 heteroatoms. The Bertz CT molecular complexity index is 670. The molecule has 2 heterocycles. The van der Waals surface area contributed by atoms with Gasteiger partial charge in [0, 0.05) is 39.9 Å². The fraction of sp³-hybridized carbons (Fsp3) is 0.667. The first-order valence-corrected chi connectivity index (χ1v) is 9.40. The first-order valence-electron chi connectivity index (χ1n) is 9.40. The highest BCUT2D eigenvalue weighted by atomic mass is 16.5. The van der Waals surface area contributed by atoms with Crippen molar-refractivity contribution in [3.8, 4) is 0 Å². The van der Waals surface area contributed by atoms with E-state index in [1.165, 1.54) is 4.90 Å². The molecular formula is C18H30N6O3. The first kappa shape index (κ1) is 20.7. The SMILES string of the molecule is CCNC(=NCC(=O)N(C)C)N1CCCC(n2cc(C(=O)OCC)cn2)C1. The van der Waals surface area contributed by atoms with Gasteiger partial charge in [0.2, 0.25) is 5.91 Å². The number of hydrogen-bond acceptors (Lipinski definition) is 5. The van der Waals surface area contributed by atoms with Gasteiger partial charge in [-0.05, 0) is 26.7 Å². The second-order valence-electron chi connectivity index (χ2n) is 6.63. The van der Waals surface area contributed by atoms with Crippen LogP contribution in [0.3, 0.4) is 0 Å². The van der Waals surface area contributed by atoms with E-state index in [1.54, 1.807) is 33.4 Å². The molecule has 1 unspecified atom stereocenters. The van der Waals surface area contributed by atoms with E-state index in [-0.39, 0.29) is 24.5 Å². The number of carbonyl (C=O) groups excluding carboxylic acids is 2. The zero-order valence-corrected chi connectivity index (χ0v) is 16.6. The van der Waals surface area contributed by atoms with Crippen molar-refractivity contribution >= 4 is 17.8 Å². The molecule has 1 aliphatic rings. The Kier molecular flexibility index (Phi) is 7.63. The largest absolute Gasteiger partial charge is 0.462 e. The molecule has 27 heavy (non-hydrogen) atoms. The number of likely N-dealkylation sites (tertiary alicyclic amines) is 1. The van der Waals surface area contributed by atoms with Crippen LogP contribution < -0.4 is 5.32 Å². The Hall–Kier alpha value is -2.58. The number of aromatic nitrogens is 2. The molecule has 0 saturated carbocycles. The second-order valence-corrected chi connectivity index (χ2v) is 6.63. The third kappa shape index (κ3) is 5.70. The van der Waals surface area contributed by atoms with Gasteiger partial charge in [0.15, 0.2) is 5.96 Å². The molecule has 0 aromatic carbocycles. The third-order valence-corrected chi connectivity index (χ3v) is 4.38. The fourth-order valence-electron chi connectivity index (χ4n) is 2.93. The Morgan fingerprint density at radius 2 is 2.19 bits per heavy atom. The van der Waals surface area contributed by atoms with Gasteiger partial charge in [-0.15, -0.1) is 0 Å². The number of nitrogens with zero attached hydrogens (tertiary/aromatic N) is 5. The average Bonchev–Trinajstić information content (AvgIpc) is 3.15. The molecule has 0 radical (unpaired) electrons. The number of ether oxygens (including phenoxy) is 1. The predicted molar refractivity (Wildman–Crippen MR) is 103 cm³/mol. The Labute approximate surface area is 160 Å². The van der Waals surface area contributed by atoms with E-state index in [1.807, 2.05) is 11.6 Å². The lowest BCUT2D eigenvalue weighted by atomic mass is 10.1. The number of rotatable bonds is 6. The minimum absolute atomic E-state index is 0.0369. The van der Waals surface area contributed by atoms with Crippen LogP contribution in [0.25, 0.3) is 0 Å². The number of amides is 1. The van der Waals surface area contributed by atoms with E-state index < -0.39 is 0 Å². The number of piperidine rings is 1. The number of carbonyl (C=O) groups is 2. The Balaban J connectivity index is 2.07. The molecule has 0 aliphatic carbocycles. The average molecular weight is 378 g/mol. The van der Waals surface area contributed by atoms with Gasteiger partial charge < -0.3 is 19.9 Å². The summed E-state index contributed by atoms with van der Waals surface area (Å²) < 4.78 is 6.85. The van der Waals surface area contributed by atoms with Crippen LogP contribution in [0.5, 0.6) is 0 Å². The van der Waals surface area contributed by atoms with E-state index in [4.69, 9.17) is 4.74 Å². The van der Waals surface area contributed by atoms with Gasteiger partial charge in [0.1, 0.15) is 6.54 Å². The van der Waals surface area contributed by atoms with Gasteiger partial charge in [0.05, 0.1) is 24.4 Å². The molecule has 1 aliphatic heterocycles. The summed E-state index contributed by atoms with van der Waals surface area (Å²) in [5, 5.41) is 7.61. The summed E-state index contributed by atoms with van der Waals surface area (Å²) in [5.41, 5.74) is 0.464. The molecule has 1 fully saturated rings. The molecule has 0 spiro atoms. The highest BCUT2D eigenvalue weighted by Crippen LogP contribution is 2.21. The number of esters is 1. The van der Waals surface area contributed by atoms with E-state index in [0.29, 0.717) is 18.7 Å².